The van der Waals surface area contributed by atoms with Crippen LogP contribution in [0.5, 0.6) is 11.5 Å². The Bertz CT molecular complexity index is 310. The molecule has 0 spiro atoms. The zero-order valence-electron chi connectivity index (χ0n) is 9.19. The lowest BCUT2D eigenvalue weighted by atomic mass is 10.0. The van der Waals surface area contributed by atoms with E-state index < -0.39 is 0 Å². The van der Waals surface area contributed by atoms with Gasteiger partial charge in [0, 0.05) is 11.5 Å². The molecule has 0 amide bonds. The van der Waals surface area contributed by atoms with Gasteiger partial charge in [-0.1, -0.05) is 0 Å². The Hall–Kier alpha value is -1.22. The van der Waals surface area contributed by atoms with Crippen LogP contribution in [0.1, 0.15) is 18.4 Å². The molecule has 1 rings (SSSR count). The number of benzene rings is 1. The van der Waals surface area contributed by atoms with E-state index in [2.05, 4.69) is 6.92 Å². The van der Waals surface area contributed by atoms with Crippen LogP contribution in [-0.4, -0.2) is 25.4 Å². The van der Waals surface area contributed by atoms with Crippen molar-refractivity contribution in [2.45, 2.75) is 12.8 Å². The molecule has 3 heteroatoms. The summed E-state index contributed by atoms with van der Waals surface area (Å²) in [6, 6.07) is 5.52. The summed E-state index contributed by atoms with van der Waals surface area (Å²) in [5.41, 5.74) is 0.874. The fraction of sp³-hybridized carbons (Fsp3) is 0.417. The normalized spacial score (nSPS) is 12.3. The Morgan fingerprint density at radius 1 is 1.47 bits per heavy atom. The van der Waals surface area contributed by atoms with Crippen LogP contribution in [0.2, 0.25) is 0 Å². The molecule has 1 atom stereocenters. The van der Waals surface area contributed by atoms with Gasteiger partial charge < -0.3 is 14.6 Å². The molecule has 0 heterocycles. The quantitative estimate of drug-likeness (QED) is 0.806. The molecule has 1 unspecified atom stereocenters. The van der Waals surface area contributed by atoms with Gasteiger partial charge in [0.25, 0.3) is 0 Å². The highest BCUT2D eigenvalue weighted by atomic mass is 16.5. The van der Waals surface area contributed by atoms with Crippen LogP contribution < -0.4 is 9.47 Å². The minimum Gasteiger partial charge on any atom is -0.497 e. The topological polar surface area (TPSA) is 38.7 Å². The SMILES string of the molecule is [CH2]C(CO)c1cc(OC)ccc1OCC. The van der Waals surface area contributed by atoms with Crippen molar-refractivity contribution >= 4 is 0 Å². The highest BCUT2D eigenvalue weighted by Crippen LogP contribution is 2.30. The third-order valence-corrected chi connectivity index (χ3v) is 2.18. The molecule has 0 fully saturated rings. The number of ether oxygens (including phenoxy) is 2. The molecule has 1 aromatic carbocycles. The molecule has 3 nitrogen and oxygen atoms in total. The van der Waals surface area contributed by atoms with Gasteiger partial charge in [-0.25, -0.2) is 0 Å². The summed E-state index contributed by atoms with van der Waals surface area (Å²) >= 11 is 0. The first-order valence-corrected chi connectivity index (χ1v) is 4.97. The van der Waals surface area contributed by atoms with E-state index in [1.807, 2.05) is 25.1 Å². The molecular weight excluding hydrogens is 192 g/mol. The summed E-state index contributed by atoms with van der Waals surface area (Å²) in [6.07, 6.45) is 0. The van der Waals surface area contributed by atoms with Crippen molar-refractivity contribution in [1.29, 1.82) is 0 Å². The molecule has 0 bridgehead atoms. The van der Waals surface area contributed by atoms with Gasteiger partial charge in [0.1, 0.15) is 11.5 Å². The van der Waals surface area contributed by atoms with E-state index in [1.54, 1.807) is 7.11 Å². The lowest BCUT2D eigenvalue weighted by Gasteiger charge is -2.15. The number of hydrogen-bond acceptors (Lipinski definition) is 3. The molecule has 0 aliphatic rings. The van der Waals surface area contributed by atoms with E-state index in [0.717, 1.165) is 17.1 Å². The second kappa shape index (κ2) is 5.61. The maximum absolute atomic E-state index is 9.09. The van der Waals surface area contributed by atoms with Gasteiger partial charge in [-0.2, -0.15) is 0 Å². The Morgan fingerprint density at radius 2 is 2.20 bits per heavy atom. The molecule has 15 heavy (non-hydrogen) atoms. The predicted molar refractivity (Wildman–Crippen MR) is 59.3 cm³/mol. The first kappa shape index (κ1) is 11.9. The van der Waals surface area contributed by atoms with E-state index in [9.17, 15) is 0 Å². The lowest BCUT2D eigenvalue weighted by molar-refractivity contribution is 0.275. The van der Waals surface area contributed by atoms with E-state index in [4.69, 9.17) is 14.6 Å². The van der Waals surface area contributed by atoms with Crippen molar-refractivity contribution in [1.82, 2.24) is 0 Å². The molecule has 0 saturated carbocycles. The first-order chi connectivity index (χ1) is 7.22. The molecule has 1 radical (unpaired) electrons. The average molecular weight is 209 g/mol. The van der Waals surface area contributed by atoms with Gasteiger partial charge in [-0.05, 0) is 32.0 Å². The van der Waals surface area contributed by atoms with Crippen molar-refractivity contribution in [3.8, 4) is 11.5 Å². The van der Waals surface area contributed by atoms with Gasteiger partial charge in [0.2, 0.25) is 0 Å². The van der Waals surface area contributed by atoms with Crippen LogP contribution >= 0.6 is 0 Å². The zero-order valence-corrected chi connectivity index (χ0v) is 9.19. The Balaban J connectivity index is 3.04. The smallest absolute Gasteiger partial charge is 0.123 e. The fourth-order valence-corrected chi connectivity index (χ4v) is 1.36. The van der Waals surface area contributed by atoms with Crippen LogP contribution in [0.3, 0.4) is 0 Å². The molecule has 83 valence electrons. The van der Waals surface area contributed by atoms with Crippen molar-refractivity contribution < 1.29 is 14.6 Å². The predicted octanol–water partition coefficient (Wildman–Crippen LogP) is 2.00. The largest absolute Gasteiger partial charge is 0.497 e. The zero-order chi connectivity index (χ0) is 11.3. The summed E-state index contributed by atoms with van der Waals surface area (Å²) in [6.45, 7) is 6.37. The number of aliphatic hydroxyl groups excluding tert-OH is 1. The van der Waals surface area contributed by atoms with Crippen LogP contribution in [0, 0.1) is 6.92 Å². The Morgan fingerprint density at radius 3 is 2.73 bits per heavy atom. The maximum Gasteiger partial charge on any atom is 0.123 e. The molecule has 0 aromatic heterocycles. The molecule has 1 aromatic rings. The highest BCUT2D eigenvalue weighted by molar-refractivity contribution is 5.43. The minimum atomic E-state index is -0.193. The van der Waals surface area contributed by atoms with Crippen LogP contribution in [0.15, 0.2) is 18.2 Å². The first-order valence-electron chi connectivity index (χ1n) is 4.97. The van der Waals surface area contributed by atoms with Crippen molar-refractivity contribution in [2.75, 3.05) is 20.3 Å². The van der Waals surface area contributed by atoms with E-state index in [1.165, 1.54) is 0 Å². The molecule has 0 saturated heterocycles. The van der Waals surface area contributed by atoms with E-state index in [-0.39, 0.29) is 12.5 Å². The van der Waals surface area contributed by atoms with Crippen LogP contribution in [-0.2, 0) is 0 Å². The van der Waals surface area contributed by atoms with Gasteiger partial charge in [0.15, 0.2) is 0 Å². The molecule has 0 aliphatic carbocycles. The van der Waals surface area contributed by atoms with Gasteiger partial charge in [0.05, 0.1) is 20.3 Å². The van der Waals surface area contributed by atoms with E-state index >= 15 is 0 Å². The molecule has 0 aliphatic heterocycles. The Labute approximate surface area is 90.6 Å². The Kier molecular flexibility index (Phi) is 4.43. The summed E-state index contributed by atoms with van der Waals surface area (Å²) in [5.74, 6) is 1.31. The summed E-state index contributed by atoms with van der Waals surface area (Å²) < 4.78 is 10.6. The number of hydrogen-bond donors (Lipinski definition) is 1. The van der Waals surface area contributed by atoms with Gasteiger partial charge in [-0.3, -0.25) is 0 Å². The fourth-order valence-electron chi connectivity index (χ4n) is 1.36. The van der Waals surface area contributed by atoms with E-state index in [0.29, 0.717) is 6.61 Å². The van der Waals surface area contributed by atoms with Crippen LogP contribution in [0.25, 0.3) is 0 Å². The monoisotopic (exact) mass is 209 g/mol. The summed E-state index contributed by atoms with van der Waals surface area (Å²) in [5, 5.41) is 9.09. The third kappa shape index (κ3) is 2.86. The average Bonchev–Trinajstić information content (AvgIpc) is 2.29. The van der Waals surface area contributed by atoms with Crippen molar-refractivity contribution in [2.24, 2.45) is 0 Å². The summed E-state index contributed by atoms with van der Waals surface area (Å²) in [4.78, 5) is 0. The molecule has 1 N–H and O–H groups in total. The minimum absolute atomic E-state index is 0.00670. The number of methoxy groups -OCH3 is 1. The highest BCUT2D eigenvalue weighted by Gasteiger charge is 2.12. The summed E-state index contributed by atoms with van der Waals surface area (Å²) in [7, 11) is 1.61. The second-order valence-electron chi connectivity index (χ2n) is 3.22. The van der Waals surface area contributed by atoms with Crippen molar-refractivity contribution in [3.63, 3.8) is 0 Å². The van der Waals surface area contributed by atoms with Crippen molar-refractivity contribution in [3.05, 3.63) is 30.7 Å². The standard InChI is InChI=1S/C12H17O3/c1-4-15-12-6-5-10(14-3)7-11(12)9(2)8-13/h5-7,9,13H,2,4,8H2,1,3H3. The maximum atomic E-state index is 9.09. The third-order valence-electron chi connectivity index (χ3n) is 2.18. The number of rotatable bonds is 5. The number of aliphatic hydroxyl groups is 1. The second-order valence-corrected chi connectivity index (χ2v) is 3.22. The van der Waals surface area contributed by atoms with Gasteiger partial charge >= 0.3 is 0 Å². The van der Waals surface area contributed by atoms with Gasteiger partial charge in [-0.15, -0.1) is 0 Å². The van der Waals surface area contributed by atoms with Crippen LogP contribution in [0.4, 0.5) is 0 Å². The molecular formula is C12H17O3. The lowest BCUT2D eigenvalue weighted by Crippen LogP contribution is -2.04.